The van der Waals surface area contributed by atoms with E-state index in [9.17, 15) is 0 Å². The SMILES string of the molecule is COc1cc(-c2nccn2C(C)c2cn3ncsc3n2)cc2c1OCO2. The average Bonchev–Trinajstić information content (AvgIpc) is 3.42. The van der Waals surface area contributed by atoms with E-state index in [0.29, 0.717) is 17.2 Å². The van der Waals surface area contributed by atoms with Gasteiger partial charge in [0.25, 0.3) is 0 Å². The van der Waals surface area contributed by atoms with E-state index in [4.69, 9.17) is 14.2 Å². The second-order valence-electron chi connectivity index (χ2n) is 5.88. The first kappa shape index (κ1) is 15.2. The van der Waals surface area contributed by atoms with Crippen LogP contribution in [0.25, 0.3) is 16.3 Å². The molecule has 0 spiro atoms. The summed E-state index contributed by atoms with van der Waals surface area (Å²) in [5.41, 5.74) is 3.59. The van der Waals surface area contributed by atoms with Gasteiger partial charge in [0.15, 0.2) is 11.5 Å². The van der Waals surface area contributed by atoms with Gasteiger partial charge in [-0.25, -0.2) is 14.5 Å². The van der Waals surface area contributed by atoms with E-state index in [0.717, 1.165) is 22.0 Å². The molecule has 26 heavy (non-hydrogen) atoms. The standard InChI is InChI=1S/C17H15N5O3S/c1-10(12-7-22-17(20-12)26-8-19-22)21-4-3-18-16(21)11-5-13(23-2)15-14(6-11)24-9-25-15/h3-8,10H,9H2,1-2H3. The van der Waals surface area contributed by atoms with E-state index in [1.165, 1.54) is 11.3 Å². The zero-order valence-electron chi connectivity index (χ0n) is 14.1. The summed E-state index contributed by atoms with van der Waals surface area (Å²) in [5.74, 6) is 2.72. The molecule has 0 radical (unpaired) electrons. The minimum atomic E-state index is -0.00202. The van der Waals surface area contributed by atoms with Crippen LogP contribution in [-0.2, 0) is 0 Å². The Morgan fingerprint density at radius 2 is 2.23 bits per heavy atom. The number of aromatic nitrogens is 5. The van der Waals surface area contributed by atoms with Crippen molar-refractivity contribution in [2.45, 2.75) is 13.0 Å². The zero-order chi connectivity index (χ0) is 17.7. The number of hydrogen-bond acceptors (Lipinski definition) is 7. The molecule has 1 atom stereocenters. The molecule has 0 bridgehead atoms. The van der Waals surface area contributed by atoms with Crippen LogP contribution < -0.4 is 14.2 Å². The monoisotopic (exact) mass is 369 g/mol. The van der Waals surface area contributed by atoms with Crippen molar-refractivity contribution < 1.29 is 14.2 Å². The van der Waals surface area contributed by atoms with E-state index >= 15 is 0 Å². The van der Waals surface area contributed by atoms with Gasteiger partial charge in [0, 0.05) is 18.0 Å². The molecule has 0 saturated carbocycles. The second-order valence-corrected chi connectivity index (χ2v) is 6.69. The average molecular weight is 369 g/mol. The Balaban J connectivity index is 1.58. The van der Waals surface area contributed by atoms with Crippen molar-refractivity contribution in [3.8, 4) is 28.6 Å². The fourth-order valence-electron chi connectivity index (χ4n) is 3.11. The molecule has 0 saturated heterocycles. The predicted octanol–water partition coefficient (Wildman–Crippen LogP) is 3.00. The Kier molecular flexibility index (Phi) is 3.35. The maximum absolute atomic E-state index is 5.53. The van der Waals surface area contributed by atoms with Crippen molar-refractivity contribution in [2.24, 2.45) is 0 Å². The number of benzene rings is 1. The Bertz CT molecular complexity index is 1070. The molecule has 1 aliphatic heterocycles. The highest BCUT2D eigenvalue weighted by atomic mass is 32.1. The van der Waals surface area contributed by atoms with Gasteiger partial charge in [0.1, 0.15) is 11.3 Å². The first-order valence-corrected chi connectivity index (χ1v) is 8.92. The number of methoxy groups -OCH3 is 1. The van der Waals surface area contributed by atoms with Gasteiger partial charge in [-0.2, -0.15) is 5.10 Å². The Morgan fingerprint density at radius 1 is 1.31 bits per heavy atom. The van der Waals surface area contributed by atoms with Gasteiger partial charge < -0.3 is 18.8 Å². The van der Waals surface area contributed by atoms with Crippen LogP contribution in [0.15, 0.2) is 36.2 Å². The third-order valence-electron chi connectivity index (χ3n) is 4.44. The number of ether oxygens (including phenoxy) is 3. The summed E-state index contributed by atoms with van der Waals surface area (Å²) in [6.45, 7) is 2.28. The van der Waals surface area contributed by atoms with E-state index < -0.39 is 0 Å². The van der Waals surface area contributed by atoms with Crippen LogP contribution in [0.4, 0.5) is 0 Å². The first-order chi connectivity index (χ1) is 12.7. The van der Waals surface area contributed by atoms with Crippen LogP contribution in [0.1, 0.15) is 18.7 Å². The topological polar surface area (TPSA) is 75.7 Å². The van der Waals surface area contributed by atoms with Crippen LogP contribution in [0, 0.1) is 0 Å². The predicted molar refractivity (Wildman–Crippen MR) is 95.0 cm³/mol. The molecule has 1 aliphatic rings. The van der Waals surface area contributed by atoms with Crippen molar-refractivity contribution in [3.05, 3.63) is 41.9 Å². The maximum Gasteiger partial charge on any atom is 0.231 e. The van der Waals surface area contributed by atoms with Crippen molar-refractivity contribution in [3.63, 3.8) is 0 Å². The van der Waals surface area contributed by atoms with Gasteiger partial charge in [-0.1, -0.05) is 11.3 Å². The number of rotatable bonds is 4. The van der Waals surface area contributed by atoms with Crippen molar-refractivity contribution in [1.82, 2.24) is 24.1 Å². The number of nitrogens with zero attached hydrogens (tertiary/aromatic N) is 5. The molecule has 4 aromatic rings. The highest BCUT2D eigenvalue weighted by molar-refractivity contribution is 7.14. The van der Waals surface area contributed by atoms with E-state index in [2.05, 4.69) is 26.6 Å². The van der Waals surface area contributed by atoms with Crippen molar-refractivity contribution in [1.29, 1.82) is 0 Å². The van der Waals surface area contributed by atoms with Crippen LogP contribution in [0.2, 0.25) is 0 Å². The lowest BCUT2D eigenvalue weighted by Crippen LogP contribution is -2.08. The molecular weight excluding hydrogens is 354 g/mol. The molecule has 1 aromatic carbocycles. The smallest absolute Gasteiger partial charge is 0.231 e. The summed E-state index contributed by atoms with van der Waals surface area (Å²) in [4.78, 5) is 10.1. The summed E-state index contributed by atoms with van der Waals surface area (Å²) in [7, 11) is 1.61. The number of hydrogen-bond donors (Lipinski definition) is 0. The molecule has 0 aliphatic carbocycles. The molecule has 0 amide bonds. The van der Waals surface area contributed by atoms with Gasteiger partial charge in [-0.05, 0) is 19.1 Å². The Morgan fingerprint density at radius 3 is 3.08 bits per heavy atom. The van der Waals surface area contributed by atoms with Gasteiger partial charge in [0.2, 0.25) is 17.5 Å². The van der Waals surface area contributed by atoms with Crippen LogP contribution in [0.5, 0.6) is 17.2 Å². The van der Waals surface area contributed by atoms with Gasteiger partial charge in [-0.15, -0.1) is 0 Å². The first-order valence-electron chi connectivity index (χ1n) is 8.04. The van der Waals surface area contributed by atoms with E-state index in [1.54, 1.807) is 23.3 Å². The summed E-state index contributed by atoms with van der Waals surface area (Å²) in [5, 5.41) is 4.25. The summed E-state index contributed by atoms with van der Waals surface area (Å²) < 4.78 is 20.3. The van der Waals surface area contributed by atoms with Crippen LogP contribution in [-0.4, -0.2) is 38.1 Å². The Labute approximate surface area is 152 Å². The maximum atomic E-state index is 5.53. The molecule has 4 heterocycles. The minimum Gasteiger partial charge on any atom is -0.493 e. The molecular formula is C17H15N5O3S. The van der Waals surface area contributed by atoms with Crippen molar-refractivity contribution in [2.75, 3.05) is 13.9 Å². The molecule has 0 fully saturated rings. The molecule has 3 aromatic heterocycles. The second kappa shape index (κ2) is 5.73. The number of imidazole rings is 2. The van der Waals surface area contributed by atoms with E-state index in [-0.39, 0.29) is 12.8 Å². The van der Waals surface area contributed by atoms with Gasteiger partial charge in [0.05, 0.1) is 25.0 Å². The number of fused-ring (bicyclic) bond motifs is 2. The molecule has 5 rings (SSSR count). The molecule has 1 unspecified atom stereocenters. The van der Waals surface area contributed by atoms with Gasteiger partial charge in [-0.3, -0.25) is 0 Å². The zero-order valence-corrected chi connectivity index (χ0v) is 14.9. The molecule has 9 heteroatoms. The van der Waals surface area contributed by atoms with E-state index in [1.807, 2.05) is 24.5 Å². The Hall–Kier alpha value is -3.07. The summed E-state index contributed by atoms with van der Waals surface area (Å²) in [6.07, 6.45) is 5.66. The summed E-state index contributed by atoms with van der Waals surface area (Å²) in [6, 6.07) is 3.83. The highest BCUT2D eigenvalue weighted by Crippen LogP contribution is 2.44. The minimum absolute atomic E-state index is 0.00202. The fraction of sp³-hybridized carbons (Fsp3) is 0.235. The highest BCUT2D eigenvalue weighted by Gasteiger charge is 2.23. The molecule has 0 N–H and O–H groups in total. The fourth-order valence-corrected chi connectivity index (χ4v) is 3.72. The largest absolute Gasteiger partial charge is 0.493 e. The normalized spacial score (nSPS) is 14.1. The third kappa shape index (κ3) is 2.24. The lowest BCUT2D eigenvalue weighted by atomic mass is 10.1. The molecule has 132 valence electrons. The van der Waals surface area contributed by atoms with Crippen LogP contribution in [0.3, 0.4) is 0 Å². The molecule has 8 nitrogen and oxygen atoms in total. The lowest BCUT2D eigenvalue weighted by molar-refractivity contribution is 0.171. The lowest BCUT2D eigenvalue weighted by Gasteiger charge is -2.15. The van der Waals surface area contributed by atoms with Crippen molar-refractivity contribution >= 4 is 16.3 Å². The third-order valence-corrected chi connectivity index (χ3v) is 5.12. The van der Waals surface area contributed by atoms with Crippen LogP contribution >= 0.6 is 11.3 Å². The summed E-state index contributed by atoms with van der Waals surface area (Å²) >= 11 is 1.51. The quantitative estimate of drug-likeness (QED) is 0.550. The van der Waals surface area contributed by atoms with Gasteiger partial charge >= 0.3 is 0 Å².